The van der Waals surface area contributed by atoms with Gasteiger partial charge in [-0.1, -0.05) is 23.1 Å². The molecule has 0 amide bonds. The van der Waals surface area contributed by atoms with Gasteiger partial charge in [-0.2, -0.15) is 5.26 Å². The molecule has 0 spiro atoms. The van der Waals surface area contributed by atoms with Crippen LogP contribution in [-0.4, -0.2) is 15.2 Å². The fraction of sp³-hybridized carbons (Fsp3) is 0.200. The number of pyridine rings is 1. The molecule has 0 aliphatic carbocycles. The summed E-state index contributed by atoms with van der Waals surface area (Å²) in [5, 5.41) is 17.6. The zero-order valence-electron chi connectivity index (χ0n) is 8.54. The summed E-state index contributed by atoms with van der Waals surface area (Å²) >= 11 is 3.20. The number of nitrogens with zero attached hydrogens (tertiary/aromatic N) is 4. The minimum Gasteiger partial charge on any atom is -0.246 e. The summed E-state index contributed by atoms with van der Waals surface area (Å²) in [5.74, 6) is 0.784. The zero-order chi connectivity index (χ0) is 11.4. The topological polar surface area (TPSA) is 62.5 Å². The van der Waals surface area contributed by atoms with Gasteiger partial charge < -0.3 is 0 Å². The van der Waals surface area contributed by atoms with E-state index in [9.17, 15) is 0 Å². The Balaban J connectivity index is 2.02. The zero-order valence-corrected chi connectivity index (χ0v) is 10.2. The van der Waals surface area contributed by atoms with Crippen LogP contribution < -0.4 is 0 Å². The van der Waals surface area contributed by atoms with Crippen molar-refractivity contribution in [1.29, 1.82) is 5.26 Å². The quantitative estimate of drug-likeness (QED) is 0.780. The second-order valence-electron chi connectivity index (χ2n) is 3.04. The number of hydrogen-bond donors (Lipinski definition) is 0. The van der Waals surface area contributed by atoms with Crippen LogP contribution in [0.25, 0.3) is 0 Å². The van der Waals surface area contributed by atoms with Gasteiger partial charge in [-0.3, -0.25) is 0 Å². The van der Waals surface area contributed by atoms with Crippen molar-refractivity contribution >= 4 is 23.1 Å². The van der Waals surface area contributed by atoms with Gasteiger partial charge >= 0.3 is 0 Å². The lowest BCUT2D eigenvalue weighted by molar-refractivity contribution is 0.983. The standard InChI is InChI=1S/C10H8N4S2/c1-7-13-14-10(16-7)15-6-8-2-3-12-9(4-8)5-11/h2-4H,6H2,1H3. The van der Waals surface area contributed by atoms with E-state index in [1.165, 1.54) is 0 Å². The van der Waals surface area contributed by atoms with E-state index in [4.69, 9.17) is 5.26 Å². The Morgan fingerprint density at radius 1 is 1.50 bits per heavy atom. The van der Waals surface area contributed by atoms with Crippen molar-refractivity contribution in [2.45, 2.75) is 17.0 Å². The number of hydrogen-bond acceptors (Lipinski definition) is 6. The summed E-state index contributed by atoms with van der Waals surface area (Å²) in [6.07, 6.45) is 1.65. The molecule has 0 saturated carbocycles. The highest BCUT2D eigenvalue weighted by Crippen LogP contribution is 2.25. The van der Waals surface area contributed by atoms with Gasteiger partial charge in [0.15, 0.2) is 4.34 Å². The number of aromatic nitrogens is 3. The number of thioether (sulfide) groups is 1. The van der Waals surface area contributed by atoms with E-state index < -0.39 is 0 Å². The second-order valence-corrected chi connectivity index (χ2v) is 5.44. The smallest absolute Gasteiger partial charge is 0.174 e. The molecule has 0 atom stereocenters. The van der Waals surface area contributed by atoms with E-state index in [-0.39, 0.29) is 0 Å². The molecule has 0 aromatic carbocycles. The average molecular weight is 248 g/mol. The molecule has 4 nitrogen and oxygen atoms in total. The molecule has 0 N–H and O–H groups in total. The van der Waals surface area contributed by atoms with Crippen molar-refractivity contribution < 1.29 is 0 Å². The molecule has 0 saturated heterocycles. The lowest BCUT2D eigenvalue weighted by Gasteiger charge is -1.97. The Hall–Kier alpha value is -1.45. The van der Waals surface area contributed by atoms with Crippen molar-refractivity contribution in [2.24, 2.45) is 0 Å². The lowest BCUT2D eigenvalue weighted by Crippen LogP contribution is -1.86. The lowest BCUT2D eigenvalue weighted by atomic mass is 10.2. The number of rotatable bonds is 3. The van der Waals surface area contributed by atoms with Crippen molar-refractivity contribution in [3.8, 4) is 6.07 Å². The van der Waals surface area contributed by atoms with Crippen LogP contribution in [0.3, 0.4) is 0 Å². The second kappa shape index (κ2) is 5.05. The van der Waals surface area contributed by atoms with Crippen LogP contribution in [0.1, 0.15) is 16.3 Å². The van der Waals surface area contributed by atoms with Gasteiger partial charge in [0, 0.05) is 11.9 Å². The van der Waals surface area contributed by atoms with Crippen molar-refractivity contribution in [3.05, 3.63) is 34.6 Å². The fourth-order valence-electron chi connectivity index (χ4n) is 1.11. The first-order valence-corrected chi connectivity index (χ1v) is 6.36. The Bertz CT molecular complexity index is 530. The molecule has 0 fully saturated rings. The van der Waals surface area contributed by atoms with Gasteiger partial charge in [0.25, 0.3) is 0 Å². The fourth-order valence-corrected chi connectivity index (χ4v) is 2.87. The van der Waals surface area contributed by atoms with E-state index >= 15 is 0 Å². The maximum atomic E-state index is 8.71. The van der Waals surface area contributed by atoms with Crippen molar-refractivity contribution in [3.63, 3.8) is 0 Å². The molecule has 0 radical (unpaired) electrons. The predicted octanol–water partition coefficient (Wildman–Crippen LogP) is 2.41. The SMILES string of the molecule is Cc1nnc(SCc2ccnc(C#N)c2)s1. The molecule has 2 heterocycles. The summed E-state index contributed by atoms with van der Waals surface area (Å²) in [6.45, 7) is 1.93. The first kappa shape index (κ1) is 11.0. The summed E-state index contributed by atoms with van der Waals surface area (Å²) in [5.41, 5.74) is 1.52. The van der Waals surface area contributed by atoms with Crippen molar-refractivity contribution in [1.82, 2.24) is 15.2 Å². The highest BCUT2D eigenvalue weighted by atomic mass is 32.2. The minimum atomic E-state index is 0.451. The van der Waals surface area contributed by atoms with E-state index in [0.29, 0.717) is 5.69 Å². The first-order valence-electron chi connectivity index (χ1n) is 4.56. The van der Waals surface area contributed by atoms with E-state index in [1.807, 2.05) is 19.1 Å². The van der Waals surface area contributed by atoms with E-state index in [0.717, 1.165) is 20.7 Å². The highest BCUT2D eigenvalue weighted by molar-refractivity contribution is 8.00. The van der Waals surface area contributed by atoms with Gasteiger partial charge in [0.2, 0.25) is 0 Å². The van der Waals surface area contributed by atoms with Gasteiger partial charge in [0.1, 0.15) is 16.8 Å². The van der Waals surface area contributed by atoms with Crippen LogP contribution in [0, 0.1) is 18.3 Å². The van der Waals surface area contributed by atoms with E-state index in [1.54, 1.807) is 35.4 Å². The summed E-state index contributed by atoms with van der Waals surface area (Å²) < 4.78 is 0.952. The maximum absolute atomic E-state index is 8.71. The summed E-state index contributed by atoms with van der Waals surface area (Å²) in [4.78, 5) is 3.92. The molecule has 0 aliphatic heterocycles. The molecular formula is C10H8N4S2. The summed E-state index contributed by atoms with van der Waals surface area (Å²) in [7, 11) is 0. The minimum absolute atomic E-state index is 0.451. The Kier molecular flexibility index (Phi) is 3.49. The molecule has 6 heteroatoms. The van der Waals surface area contributed by atoms with Gasteiger partial charge in [-0.05, 0) is 24.6 Å². The van der Waals surface area contributed by atoms with Crippen LogP contribution in [0.5, 0.6) is 0 Å². The normalized spacial score (nSPS) is 10.0. The molecule has 80 valence electrons. The maximum Gasteiger partial charge on any atom is 0.174 e. The largest absolute Gasteiger partial charge is 0.246 e. The Morgan fingerprint density at radius 2 is 2.38 bits per heavy atom. The van der Waals surface area contributed by atoms with Gasteiger partial charge in [-0.25, -0.2) is 4.98 Å². The number of aryl methyl sites for hydroxylation is 1. The Labute approximate surface area is 101 Å². The van der Waals surface area contributed by atoms with Crippen LogP contribution in [-0.2, 0) is 5.75 Å². The monoisotopic (exact) mass is 248 g/mol. The Morgan fingerprint density at radius 3 is 3.06 bits per heavy atom. The van der Waals surface area contributed by atoms with Crippen molar-refractivity contribution in [2.75, 3.05) is 0 Å². The van der Waals surface area contributed by atoms with Crippen LogP contribution in [0.15, 0.2) is 22.7 Å². The highest BCUT2D eigenvalue weighted by Gasteiger charge is 2.02. The first-order chi connectivity index (χ1) is 7.78. The number of nitriles is 1. The summed E-state index contributed by atoms with van der Waals surface area (Å²) in [6, 6.07) is 5.72. The third-order valence-electron chi connectivity index (χ3n) is 1.81. The van der Waals surface area contributed by atoms with Gasteiger partial charge in [0.05, 0.1) is 0 Å². The average Bonchev–Trinajstić information content (AvgIpc) is 2.73. The van der Waals surface area contributed by atoms with Crippen LogP contribution >= 0.6 is 23.1 Å². The van der Waals surface area contributed by atoms with Gasteiger partial charge in [-0.15, -0.1) is 10.2 Å². The molecule has 2 rings (SSSR count). The molecule has 0 aliphatic rings. The molecule has 2 aromatic rings. The predicted molar refractivity (Wildman–Crippen MR) is 63.2 cm³/mol. The third kappa shape index (κ3) is 2.78. The third-order valence-corrected chi connectivity index (χ3v) is 3.85. The van der Waals surface area contributed by atoms with E-state index in [2.05, 4.69) is 15.2 Å². The molecule has 0 bridgehead atoms. The molecule has 16 heavy (non-hydrogen) atoms. The van der Waals surface area contributed by atoms with Crippen LogP contribution in [0.4, 0.5) is 0 Å². The molecular weight excluding hydrogens is 240 g/mol. The molecule has 0 unspecified atom stereocenters. The molecule has 2 aromatic heterocycles. The van der Waals surface area contributed by atoms with Crippen LogP contribution in [0.2, 0.25) is 0 Å².